The van der Waals surface area contributed by atoms with E-state index < -0.39 is 12.2 Å². The second kappa shape index (κ2) is 12.8. The number of carbonyl (C=O) groups excluding carboxylic acids is 2. The third-order valence-electron chi connectivity index (χ3n) is 6.17. The minimum absolute atomic E-state index is 0.00482. The zero-order chi connectivity index (χ0) is 25.4. The molecule has 0 aromatic heterocycles. The Labute approximate surface area is 207 Å². The fourth-order valence-electron chi connectivity index (χ4n) is 4.14. The molecule has 0 amide bonds. The number of hydrogen-bond donors (Lipinski definition) is 2. The van der Waals surface area contributed by atoms with Gasteiger partial charge in [0.05, 0.1) is 0 Å². The van der Waals surface area contributed by atoms with Crippen LogP contribution in [0.2, 0.25) is 0 Å². The molecular weight excluding hydrogens is 448 g/mol. The van der Waals surface area contributed by atoms with E-state index in [0.717, 1.165) is 19.6 Å². The smallest absolute Gasteiger partial charge is 0.159 e. The number of carbonyl (C=O) groups is 2. The van der Waals surface area contributed by atoms with Gasteiger partial charge in [-0.1, -0.05) is 0 Å². The minimum atomic E-state index is -0.634. The molecular formula is C27H36N2O6. The number of rotatable bonds is 12. The highest BCUT2D eigenvalue weighted by Gasteiger charge is 2.26. The quantitative estimate of drug-likeness (QED) is 0.443. The van der Waals surface area contributed by atoms with Gasteiger partial charge in [0, 0.05) is 49.9 Å². The fourth-order valence-corrected chi connectivity index (χ4v) is 4.14. The van der Waals surface area contributed by atoms with Gasteiger partial charge in [-0.05, 0) is 69.3 Å². The molecule has 8 heteroatoms. The lowest BCUT2D eigenvalue weighted by Gasteiger charge is -2.41. The van der Waals surface area contributed by atoms with Crippen LogP contribution in [0.15, 0.2) is 48.5 Å². The van der Waals surface area contributed by atoms with E-state index in [-0.39, 0.29) is 30.8 Å². The number of β-amino-alcohol motifs (C(OH)–C–C–N with tert-alkyl or cyclic N) is 2. The Hall–Kier alpha value is -2.78. The first kappa shape index (κ1) is 26.8. The van der Waals surface area contributed by atoms with Crippen LogP contribution in [0.5, 0.6) is 11.5 Å². The molecule has 3 unspecified atom stereocenters. The van der Waals surface area contributed by atoms with Crippen molar-refractivity contribution in [1.82, 2.24) is 9.80 Å². The van der Waals surface area contributed by atoms with Crippen molar-refractivity contribution < 1.29 is 29.3 Å². The molecule has 1 aliphatic rings. The van der Waals surface area contributed by atoms with Crippen LogP contribution < -0.4 is 9.47 Å². The van der Waals surface area contributed by atoms with Gasteiger partial charge in [-0.25, -0.2) is 0 Å². The zero-order valence-electron chi connectivity index (χ0n) is 20.7. The van der Waals surface area contributed by atoms with E-state index in [1.54, 1.807) is 48.5 Å². The van der Waals surface area contributed by atoms with Gasteiger partial charge in [0.2, 0.25) is 0 Å². The number of nitrogens with zero attached hydrogens (tertiary/aromatic N) is 2. The van der Waals surface area contributed by atoms with Gasteiger partial charge in [-0.2, -0.15) is 0 Å². The molecule has 190 valence electrons. The van der Waals surface area contributed by atoms with Gasteiger partial charge in [0.25, 0.3) is 0 Å². The highest BCUT2D eigenvalue weighted by atomic mass is 16.5. The Morgan fingerprint density at radius 1 is 0.829 bits per heavy atom. The molecule has 2 N–H and O–H groups in total. The van der Waals surface area contributed by atoms with Gasteiger partial charge < -0.3 is 19.7 Å². The van der Waals surface area contributed by atoms with Crippen molar-refractivity contribution in [3.05, 3.63) is 59.7 Å². The van der Waals surface area contributed by atoms with Crippen molar-refractivity contribution in [2.45, 2.75) is 39.0 Å². The highest BCUT2D eigenvalue weighted by molar-refractivity contribution is 5.94. The van der Waals surface area contributed by atoms with Gasteiger partial charge in [0.1, 0.15) is 36.9 Å². The lowest BCUT2D eigenvalue weighted by atomic mass is 10.1. The number of piperazine rings is 1. The average Bonchev–Trinajstić information content (AvgIpc) is 2.83. The summed E-state index contributed by atoms with van der Waals surface area (Å²) in [6.07, 6.45) is -1.26. The number of Topliss-reactive ketones (excluding diaryl/α,β-unsaturated/α-hetero) is 2. The Balaban J connectivity index is 1.36. The predicted octanol–water partition coefficient (Wildman–Crippen LogP) is 2.28. The summed E-state index contributed by atoms with van der Waals surface area (Å²) in [5.74, 6) is 1.26. The second-order valence-electron chi connectivity index (χ2n) is 9.19. The number of ether oxygens (including phenoxy) is 2. The van der Waals surface area contributed by atoms with Crippen LogP contribution in [0, 0.1) is 0 Å². The minimum Gasteiger partial charge on any atom is -0.491 e. The van der Waals surface area contributed by atoms with Gasteiger partial charge in [-0.3, -0.25) is 19.4 Å². The Morgan fingerprint density at radius 3 is 1.71 bits per heavy atom. The van der Waals surface area contributed by atoms with Gasteiger partial charge in [-0.15, -0.1) is 0 Å². The van der Waals surface area contributed by atoms with E-state index in [1.165, 1.54) is 13.8 Å². The normalized spacial score (nSPS) is 18.6. The van der Waals surface area contributed by atoms with Crippen LogP contribution in [0.1, 0.15) is 41.5 Å². The second-order valence-corrected chi connectivity index (χ2v) is 9.19. The Morgan fingerprint density at radius 2 is 1.29 bits per heavy atom. The van der Waals surface area contributed by atoms with E-state index in [4.69, 9.17) is 9.47 Å². The maximum absolute atomic E-state index is 11.4. The van der Waals surface area contributed by atoms with Gasteiger partial charge in [0.15, 0.2) is 11.6 Å². The third-order valence-corrected chi connectivity index (χ3v) is 6.17. The molecule has 8 nitrogen and oxygen atoms in total. The van der Waals surface area contributed by atoms with Crippen molar-refractivity contribution in [3.8, 4) is 11.5 Å². The van der Waals surface area contributed by atoms with Crippen LogP contribution in [-0.2, 0) is 0 Å². The SMILES string of the molecule is CC(=O)c1ccc(OCC(O)CN2CCN(CC(O)COc3ccc(C(C)=O)cc3)C(C)C2)cc1. The van der Waals surface area contributed by atoms with Crippen molar-refractivity contribution in [2.24, 2.45) is 0 Å². The summed E-state index contributed by atoms with van der Waals surface area (Å²) in [5, 5.41) is 20.9. The topological polar surface area (TPSA) is 99.5 Å². The van der Waals surface area contributed by atoms with Crippen LogP contribution in [-0.4, -0.2) is 95.8 Å². The maximum Gasteiger partial charge on any atom is 0.159 e. The van der Waals surface area contributed by atoms with E-state index in [1.807, 2.05) is 0 Å². The zero-order valence-corrected chi connectivity index (χ0v) is 20.7. The maximum atomic E-state index is 11.4. The predicted molar refractivity (Wildman–Crippen MR) is 133 cm³/mol. The van der Waals surface area contributed by atoms with E-state index in [9.17, 15) is 19.8 Å². The van der Waals surface area contributed by atoms with E-state index in [2.05, 4.69) is 16.7 Å². The summed E-state index contributed by atoms with van der Waals surface area (Å²) in [4.78, 5) is 27.1. The first-order chi connectivity index (χ1) is 16.7. The molecule has 0 spiro atoms. The number of ketones is 2. The summed E-state index contributed by atoms with van der Waals surface area (Å²) >= 11 is 0. The summed E-state index contributed by atoms with van der Waals surface area (Å²) in [6.45, 7) is 8.87. The van der Waals surface area contributed by atoms with Crippen molar-refractivity contribution in [3.63, 3.8) is 0 Å². The first-order valence-electron chi connectivity index (χ1n) is 12.0. The fraction of sp³-hybridized carbons (Fsp3) is 0.481. The van der Waals surface area contributed by atoms with Crippen molar-refractivity contribution in [1.29, 1.82) is 0 Å². The van der Waals surface area contributed by atoms with E-state index in [0.29, 0.717) is 35.7 Å². The molecule has 35 heavy (non-hydrogen) atoms. The third kappa shape index (κ3) is 8.43. The number of hydrogen-bond acceptors (Lipinski definition) is 8. The van der Waals surface area contributed by atoms with Crippen LogP contribution in [0.25, 0.3) is 0 Å². The summed E-state index contributed by atoms with van der Waals surface area (Å²) in [5.41, 5.74) is 1.26. The standard InChI is InChI=1S/C27H36N2O6/c1-19-14-28(15-24(32)17-34-26-8-4-22(5-9-26)20(2)30)12-13-29(19)16-25(33)18-35-27-10-6-23(7-11-27)21(3)31/h4-11,19,24-25,32-33H,12-18H2,1-3H3. The molecule has 0 radical (unpaired) electrons. The molecule has 1 saturated heterocycles. The largest absolute Gasteiger partial charge is 0.491 e. The van der Waals surface area contributed by atoms with E-state index >= 15 is 0 Å². The van der Waals surface area contributed by atoms with Crippen LogP contribution >= 0.6 is 0 Å². The van der Waals surface area contributed by atoms with Crippen LogP contribution in [0.4, 0.5) is 0 Å². The molecule has 3 atom stereocenters. The van der Waals surface area contributed by atoms with Crippen LogP contribution in [0.3, 0.4) is 0 Å². The van der Waals surface area contributed by atoms with Crippen molar-refractivity contribution in [2.75, 3.05) is 45.9 Å². The number of aliphatic hydroxyl groups is 2. The summed E-state index contributed by atoms with van der Waals surface area (Å²) in [7, 11) is 0. The Bertz CT molecular complexity index is 963. The lowest BCUT2D eigenvalue weighted by molar-refractivity contribution is 0.00244. The molecule has 0 saturated carbocycles. The number of aliphatic hydroxyl groups excluding tert-OH is 2. The Kier molecular flexibility index (Phi) is 9.80. The molecule has 2 aromatic rings. The highest BCUT2D eigenvalue weighted by Crippen LogP contribution is 2.16. The van der Waals surface area contributed by atoms with Crippen molar-refractivity contribution >= 4 is 11.6 Å². The molecule has 2 aromatic carbocycles. The van der Waals surface area contributed by atoms with Gasteiger partial charge >= 0.3 is 0 Å². The first-order valence-corrected chi connectivity index (χ1v) is 12.0. The lowest BCUT2D eigenvalue weighted by Crippen LogP contribution is -2.55. The molecule has 0 bridgehead atoms. The molecule has 0 aliphatic carbocycles. The average molecular weight is 485 g/mol. The molecule has 1 heterocycles. The molecule has 1 fully saturated rings. The molecule has 1 aliphatic heterocycles. The summed E-state index contributed by atoms with van der Waals surface area (Å²) < 4.78 is 11.3. The summed E-state index contributed by atoms with van der Waals surface area (Å²) in [6, 6.07) is 14.0. The monoisotopic (exact) mass is 484 g/mol. The number of benzene rings is 2. The molecule has 3 rings (SSSR count).